The van der Waals surface area contributed by atoms with Crippen LogP contribution in [0.4, 0.5) is 5.69 Å². The normalized spacial score (nSPS) is 10.6. The molecule has 0 saturated carbocycles. The number of imidazole rings is 1. The van der Waals surface area contributed by atoms with Crippen molar-refractivity contribution >= 4 is 5.69 Å². The lowest BCUT2D eigenvalue weighted by Crippen LogP contribution is -2.25. The molecule has 2 rings (SSSR count). The molecule has 0 radical (unpaired) electrons. The predicted molar refractivity (Wildman–Crippen MR) is 75.3 cm³/mol. The van der Waals surface area contributed by atoms with E-state index in [1.54, 1.807) is 27.5 Å². The second-order valence-electron chi connectivity index (χ2n) is 4.39. The van der Waals surface area contributed by atoms with E-state index in [2.05, 4.69) is 0 Å². The van der Waals surface area contributed by atoms with Gasteiger partial charge in [0.15, 0.2) is 0 Å². The highest BCUT2D eigenvalue weighted by atomic mass is 16.5. The van der Waals surface area contributed by atoms with Gasteiger partial charge in [-0.05, 0) is 30.7 Å². The van der Waals surface area contributed by atoms with Gasteiger partial charge in [0.2, 0.25) is 0 Å². The fourth-order valence-electron chi connectivity index (χ4n) is 1.86. The lowest BCUT2D eigenvalue weighted by atomic mass is 10.3. The Morgan fingerprint density at radius 3 is 2.37 bits per heavy atom. The Kier molecular flexibility index (Phi) is 4.28. The van der Waals surface area contributed by atoms with Crippen LogP contribution in [0.3, 0.4) is 0 Å². The van der Waals surface area contributed by atoms with E-state index in [1.807, 2.05) is 25.3 Å². The van der Waals surface area contributed by atoms with Crippen LogP contribution < -0.4 is 16.2 Å². The lowest BCUT2D eigenvalue weighted by Gasteiger charge is -2.06. The van der Waals surface area contributed by atoms with Crippen molar-refractivity contribution < 1.29 is 4.74 Å². The molecule has 0 aliphatic rings. The number of aryl methyl sites for hydroxylation is 1. The summed E-state index contributed by atoms with van der Waals surface area (Å²) in [6.45, 7) is 3.80. The highest BCUT2D eigenvalue weighted by Gasteiger charge is 2.02. The van der Waals surface area contributed by atoms with Gasteiger partial charge in [0.05, 0.1) is 6.54 Å². The molecule has 0 spiro atoms. The molecule has 0 aliphatic heterocycles. The van der Waals surface area contributed by atoms with Gasteiger partial charge in [0, 0.05) is 24.6 Å². The molecule has 1 heterocycles. The van der Waals surface area contributed by atoms with E-state index in [1.165, 1.54) is 0 Å². The average Bonchev–Trinajstić information content (AvgIpc) is 2.75. The van der Waals surface area contributed by atoms with Crippen LogP contribution in [-0.4, -0.2) is 15.7 Å². The number of anilines is 1. The van der Waals surface area contributed by atoms with E-state index in [0.717, 1.165) is 18.7 Å². The maximum atomic E-state index is 11.9. The van der Waals surface area contributed by atoms with Gasteiger partial charge in [-0.15, -0.1) is 0 Å². The standard InChI is InChI=1S/C14H19N3O2/c1-2-7-16-8-9-17(14(16)18)10-11-19-13-5-3-12(15)4-6-13/h3-6,8-9H,2,7,10-11,15H2,1H3. The van der Waals surface area contributed by atoms with E-state index in [-0.39, 0.29) is 5.69 Å². The van der Waals surface area contributed by atoms with Gasteiger partial charge < -0.3 is 10.5 Å². The van der Waals surface area contributed by atoms with Gasteiger partial charge in [0.25, 0.3) is 0 Å². The SMILES string of the molecule is CCCn1ccn(CCOc2ccc(N)cc2)c1=O. The molecule has 2 aromatic rings. The van der Waals surface area contributed by atoms with Gasteiger partial charge in [-0.3, -0.25) is 9.13 Å². The van der Waals surface area contributed by atoms with Crippen molar-refractivity contribution in [3.05, 3.63) is 47.1 Å². The van der Waals surface area contributed by atoms with Crippen molar-refractivity contribution in [1.29, 1.82) is 0 Å². The molecule has 19 heavy (non-hydrogen) atoms. The first kappa shape index (κ1) is 13.3. The third-order valence-electron chi connectivity index (χ3n) is 2.86. The van der Waals surface area contributed by atoms with Crippen LogP contribution in [0.15, 0.2) is 41.5 Å². The van der Waals surface area contributed by atoms with Crippen molar-refractivity contribution in [1.82, 2.24) is 9.13 Å². The Morgan fingerprint density at radius 1 is 1.11 bits per heavy atom. The molecule has 0 amide bonds. The molecular formula is C14H19N3O2. The number of nitrogen functional groups attached to an aromatic ring is 1. The Hall–Kier alpha value is -2.17. The number of nitrogens with two attached hydrogens (primary N) is 1. The first-order valence-corrected chi connectivity index (χ1v) is 6.44. The van der Waals surface area contributed by atoms with Crippen LogP contribution in [0.5, 0.6) is 5.75 Å². The molecule has 0 bridgehead atoms. The molecule has 1 aromatic carbocycles. The monoisotopic (exact) mass is 261 g/mol. The summed E-state index contributed by atoms with van der Waals surface area (Å²) in [5.41, 5.74) is 6.32. The van der Waals surface area contributed by atoms with Crippen LogP contribution in [0.25, 0.3) is 0 Å². The Bertz CT molecular complexity index is 569. The van der Waals surface area contributed by atoms with Crippen molar-refractivity contribution in [2.45, 2.75) is 26.4 Å². The Balaban J connectivity index is 1.89. The molecule has 1 aromatic heterocycles. The maximum Gasteiger partial charge on any atom is 0.328 e. The number of benzene rings is 1. The number of hydrogen-bond donors (Lipinski definition) is 1. The molecule has 5 heteroatoms. The van der Waals surface area contributed by atoms with Crippen LogP contribution in [0.1, 0.15) is 13.3 Å². The number of rotatable bonds is 6. The fraction of sp³-hybridized carbons (Fsp3) is 0.357. The third kappa shape index (κ3) is 3.40. The average molecular weight is 261 g/mol. The first-order valence-electron chi connectivity index (χ1n) is 6.44. The van der Waals surface area contributed by atoms with Crippen molar-refractivity contribution in [3.63, 3.8) is 0 Å². The second-order valence-corrected chi connectivity index (χ2v) is 4.39. The van der Waals surface area contributed by atoms with Crippen LogP contribution in [0.2, 0.25) is 0 Å². The maximum absolute atomic E-state index is 11.9. The molecule has 2 N–H and O–H groups in total. The summed E-state index contributed by atoms with van der Waals surface area (Å²) >= 11 is 0. The number of nitrogens with zero attached hydrogens (tertiary/aromatic N) is 2. The van der Waals surface area contributed by atoms with E-state index in [4.69, 9.17) is 10.5 Å². The zero-order chi connectivity index (χ0) is 13.7. The smallest absolute Gasteiger partial charge is 0.328 e. The van der Waals surface area contributed by atoms with Crippen LogP contribution in [-0.2, 0) is 13.1 Å². The quantitative estimate of drug-likeness (QED) is 0.805. The van der Waals surface area contributed by atoms with Gasteiger partial charge in [-0.2, -0.15) is 0 Å². The number of aromatic nitrogens is 2. The van der Waals surface area contributed by atoms with E-state index >= 15 is 0 Å². The molecule has 0 atom stereocenters. The second kappa shape index (κ2) is 6.13. The summed E-state index contributed by atoms with van der Waals surface area (Å²) in [5, 5.41) is 0. The Labute approximate surface area is 112 Å². The van der Waals surface area contributed by atoms with E-state index < -0.39 is 0 Å². The molecule has 102 valence electrons. The van der Waals surface area contributed by atoms with Crippen molar-refractivity contribution in [3.8, 4) is 5.75 Å². The molecule has 0 aliphatic carbocycles. The molecule has 0 saturated heterocycles. The third-order valence-corrected chi connectivity index (χ3v) is 2.86. The molecule has 0 unspecified atom stereocenters. The number of ether oxygens (including phenoxy) is 1. The summed E-state index contributed by atoms with van der Waals surface area (Å²) in [5.74, 6) is 0.759. The van der Waals surface area contributed by atoms with Crippen molar-refractivity contribution in [2.24, 2.45) is 0 Å². The highest BCUT2D eigenvalue weighted by Crippen LogP contribution is 2.12. The Morgan fingerprint density at radius 2 is 1.74 bits per heavy atom. The summed E-state index contributed by atoms with van der Waals surface area (Å²) in [6.07, 6.45) is 4.56. The molecule has 5 nitrogen and oxygen atoms in total. The van der Waals surface area contributed by atoms with Gasteiger partial charge >= 0.3 is 5.69 Å². The zero-order valence-electron chi connectivity index (χ0n) is 11.1. The molecular weight excluding hydrogens is 242 g/mol. The minimum atomic E-state index is 0.0164. The number of hydrogen-bond acceptors (Lipinski definition) is 3. The fourth-order valence-corrected chi connectivity index (χ4v) is 1.86. The van der Waals surface area contributed by atoms with Crippen molar-refractivity contribution in [2.75, 3.05) is 12.3 Å². The molecule has 0 fully saturated rings. The van der Waals surface area contributed by atoms with Gasteiger partial charge in [-0.25, -0.2) is 4.79 Å². The van der Waals surface area contributed by atoms with Crippen LogP contribution in [0, 0.1) is 0 Å². The first-order chi connectivity index (χ1) is 9.20. The van der Waals surface area contributed by atoms with Crippen LogP contribution >= 0.6 is 0 Å². The predicted octanol–water partition coefficient (Wildman–Crippen LogP) is 1.72. The van der Waals surface area contributed by atoms with Gasteiger partial charge in [0.1, 0.15) is 12.4 Å². The summed E-state index contributed by atoms with van der Waals surface area (Å²) in [6, 6.07) is 7.22. The van der Waals surface area contributed by atoms with E-state index in [0.29, 0.717) is 18.8 Å². The van der Waals surface area contributed by atoms with Gasteiger partial charge in [-0.1, -0.05) is 6.92 Å². The zero-order valence-corrected chi connectivity index (χ0v) is 11.1. The highest BCUT2D eigenvalue weighted by molar-refractivity contribution is 5.41. The largest absolute Gasteiger partial charge is 0.492 e. The summed E-state index contributed by atoms with van der Waals surface area (Å²) in [7, 11) is 0. The lowest BCUT2D eigenvalue weighted by molar-refractivity contribution is 0.296. The summed E-state index contributed by atoms with van der Waals surface area (Å²) < 4.78 is 8.94. The minimum Gasteiger partial charge on any atom is -0.492 e. The topological polar surface area (TPSA) is 62.2 Å². The minimum absolute atomic E-state index is 0.0164. The summed E-state index contributed by atoms with van der Waals surface area (Å²) in [4.78, 5) is 11.9. The van der Waals surface area contributed by atoms with E-state index in [9.17, 15) is 4.79 Å².